The molecule has 4 nitrogen and oxygen atoms in total. The van der Waals surface area contributed by atoms with E-state index in [0.717, 1.165) is 20.4 Å². The van der Waals surface area contributed by atoms with Crippen molar-refractivity contribution in [3.63, 3.8) is 0 Å². The molecule has 0 aliphatic heterocycles. The van der Waals surface area contributed by atoms with E-state index in [2.05, 4.69) is 47.4 Å². The molecule has 0 spiro atoms. The molecule has 1 heterocycles. The van der Waals surface area contributed by atoms with E-state index in [1.54, 1.807) is 12.1 Å². The lowest BCUT2D eigenvalue weighted by molar-refractivity contribution is 0.102. The number of amides is 1. The predicted molar refractivity (Wildman–Crippen MR) is 79.1 cm³/mol. The lowest BCUT2D eigenvalue weighted by Crippen LogP contribution is -2.11. The minimum Gasteiger partial charge on any atom is -0.296 e. The van der Waals surface area contributed by atoms with E-state index in [9.17, 15) is 4.79 Å². The molecule has 0 radical (unpaired) electrons. The first kappa shape index (κ1) is 13.6. The summed E-state index contributed by atoms with van der Waals surface area (Å²) in [6, 6.07) is 5.38. The third-order valence-corrected chi connectivity index (χ3v) is 4.01. The molecule has 0 aliphatic carbocycles. The number of carbonyl (C=O) groups excluding carboxylic acids is 1. The van der Waals surface area contributed by atoms with E-state index in [1.807, 2.05) is 13.0 Å². The number of halogens is 2. The van der Waals surface area contributed by atoms with Crippen molar-refractivity contribution in [1.29, 1.82) is 0 Å². The quantitative estimate of drug-likeness (QED) is 0.865. The molecule has 1 amide bonds. The van der Waals surface area contributed by atoms with Gasteiger partial charge >= 0.3 is 0 Å². The Bertz CT molecular complexity index is 565. The Morgan fingerprint density at radius 2 is 1.94 bits per heavy atom. The van der Waals surface area contributed by atoms with Gasteiger partial charge in [0.25, 0.3) is 5.91 Å². The molecule has 2 aromatic rings. The maximum Gasteiger partial charge on any atom is 0.257 e. The van der Waals surface area contributed by atoms with Crippen LogP contribution in [-0.4, -0.2) is 16.1 Å². The molecule has 1 aromatic carbocycles. The summed E-state index contributed by atoms with van der Waals surface area (Å²) in [5.41, 5.74) is 0.560. The lowest BCUT2D eigenvalue weighted by atomic mass is 10.2. The van der Waals surface area contributed by atoms with Gasteiger partial charge in [-0.3, -0.25) is 10.1 Å². The molecule has 0 bridgehead atoms. The summed E-state index contributed by atoms with van der Waals surface area (Å²) in [6.07, 6.45) is 0.815. The number of hydrogen-bond donors (Lipinski definition) is 1. The Kier molecular flexibility index (Phi) is 4.47. The van der Waals surface area contributed by atoms with Gasteiger partial charge in [0.15, 0.2) is 0 Å². The monoisotopic (exact) mass is 389 g/mol. The van der Waals surface area contributed by atoms with Crippen LogP contribution in [0.2, 0.25) is 0 Å². The molecule has 1 aromatic heterocycles. The minimum absolute atomic E-state index is 0.198. The summed E-state index contributed by atoms with van der Waals surface area (Å²) in [4.78, 5) is 12.0. The average Bonchev–Trinajstić information content (AvgIpc) is 2.75. The second-order valence-electron chi connectivity index (χ2n) is 3.47. The molecule has 2 rings (SSSR count). The van der Waals surface area contributed by atoms with Crippen molar-refractivity contribution in [1.82, 2.24) is 10.2 Å². The molecular formula is C11H9Br2N3OS. The zero-order chi connectivity index (χ0) is 13.1. The Morgan fingerprint density at radius 3 is 2.50 bits per heavy atom. The van der Waals surface area contributed by atoms with Crippen molar-refractivity contribution in [3.05, 3.63) is 37.7 Å². The van der Waals surface area contributed by atoms with E-state index in [4.69, 9.17) is 0 Å². The number of anilines is 1. The van der Waals surface area contributed by atoms with Gasteiger partial charge in [0, 0.05) is 14.5 Å². The van der Waals surface area contributed by atoms with Gasteiger partial charge in [0.2, 0.25) is 5.13 Å². The van der Waals surface area contributed by atoms with Crippen molar-refractivity contribution in [2.45, 2.75) is 13.3 Å². The highest BCUT2D eigenvalue weighted by atomic mass is 79.9. The number of nitrogens with zero attached hydrogens (tertiary/aromatic N) is 2. The second-order valence-corrected chi connectivity index (χ2v) is 6.36. The van der Waals surface area contributed by atoms with Crippen molar-refractivity contribution in [2.75, 3.05) is 5.32 Å². The fourth-order valence-corrected chi connectivity index (χ4v) is 3.27. The summed E-state index contributed by atoms with van der Waals surface area (Å²) in [5.74, 6) is -0.198. The van der Waals surface area contributed by atoms with Crippen LogP contribution in [0.25, 0.3) is 0 Å². The third-order valence-electron chi connectivity index (χ3n) is 2.11. The number of aryl methyl sites for hydroxylation is 1. The molecule has 94 valence electrons. The molecule has 0 aliphatic rings. The van der Waals surface area contributed by atoms with Gasteiger partial charge in [-0.2, -0.15) is 0 Å². The highest BCUT2D eigenvalue weighted by Gasteiger charge is 2.10. The van der Waals surface area contributed by atoms with Gasteiger partial charge in [-0.1, -0.05) is 50.1 Å². The largest absolute Gasteiger partial charge is 0.296 e. The van der Waals surface area contributed by atoms with Crippen LogP contribution in [0.1, 0.15) is 22.3 Å². The fraction of sp³-hybridized carbons (Fsp3) is 0.182. The van der Waals surface area contributed by atoms with Gasteiger partial charge < -0.3 is 0 Å². The van der Waals surface area contributed by atoms with Gasteiger partial charge in [0.1, 0.15) is 5.01 Å². The highest BCUT2D eigenvalue weighted by Crippen LogP contribution is 2.22. The Labute approximate surface area is 125 Å². The maximum atomic E-state index is 12.0. The molecule has 0 fully saturated rings. The molecule has 18 heavy (non-hydrogen) atoms. The van der Waals surface area contributed by atoms with Crippen LogP contribution >= 0.6 is 43.2 Å². The third kappa shape index (κ3) is 3.37. The fourth-order valence-electron chi connectivity index (χ4n) is 1.30. The molecule has 7 heteroatoms. The van der Waals surface area contributed by atoms with Gasteiger partial charge in [0.05, 0.1) is 0 Å². The number of carbonyl (C=O) groups is 1. The summed E-state index contributed by atoms with van der Waals surface area (Å²) in [6.45, 7) is 2.00. The average molecular weight is 391 g/mol. The lowest BCUT2D eigenvalue weighted by Gasteiger charge is -2.02. The van der Waals surface area contributed by atoms with Crippen LogP contribution in [0.15, 0.2) is 27.1 Å². The van der Waals surface area contributed by atoms with Gasteiger partial charge in [-0.25, -0.2) is 0 Å². The Morgan fingerprint density at radius 1 is 1.28 bits per heavy atom. The number of benzene rings is 1. The molecule has 0 saturated heterocycles. The summed E-state index contributed by atoms with van der Waals surface area (Å²) >= 11 is 8.08. The standard InChI is InChI=1S/C11H9Br2N3OS/c1-2-9-15-16-11(18-9)14-10(17)6-3-7(12)5-8(13)4-6/h3-5H,2H2,1H3,(H,14,16,17). The SMILES string of the molecule is CCc1nnc(NC(=O)c2cc(Br)cc(Br)c2)s1. The second kappa shape index (κ2) is 5.90. The Balaban J connectivity index is 2.16. The van der Waals surface area contributed by atoms with E-state index >= 15 is 0 Å². The van der Waals surface area contributed by atoms with E-state index < -0.39 is 0 Å². The molecule has 0 atom stereocenters. The number of nitrogens with one attached hydrogen (secondary N) is 1. The maximum absolute atomic E-state index is 12.0. The smallest absolute Gasteiger partial charge is 0.257 e. The van der Waals surface area contributed by atoms with E-state index in [1.165, 1.54) is 11.3 Å². The zero-order valence-corrected chi connectivity index (χ0v) is 13.4. The van der Waals surface area contributed by atoms with Gasteiger partial charge in [-0.15, -0.1) is 10.2 Å². The van der Waals surface area contributed by atoms with Crippen molar-refractivity contribution in [3.8, 4) is 0 Å². The molecule has 0 saturated carbocycles. The summed E-state index contributed by atoms with van der Waals surface area (Å²) in [7, 11) is 0. The van der Waals surface area contributed by atoms with Crippen molar-refractivity contribution in [2.24, 2.45) is 0 Å². The summed E-state index contributed by atoms with van der Waals surface area (Å²) in [5, 5.41) is 12.0. The Hall–Kier alpha value is -0.790. The van der Waals surface area contributed by atoms with Crippen molar-refractivity contribution < 1.29 is 4.79 Å². The van der Waals surface area contributed by atoms with Crippen LogP contribution in [-0.2, 0) is 6.42 Å². The van der Waals surface area contributed by atoms with Crippen LogP contribution in [0.4, 0.5) is 5.13 Å². The van der Waals surface area contributed by atoms with Crippen LogP contribution < -0.4 is 5.32 Å². The number of rotatable bonds is 3. The zero-order valence-electron chi connectivity index (χ0n) is 9.41. The summed E-state index contributed by atoms with van der Waals surface area (Å²) < 4.78 is 1.68. The van der Waals surface area contributed by atoms with Gasteiger partial charge in [-0.05, 0) is 24.6 Å². The molecule has 0 unspecified atom stereocenters. The number of hydrogen-bond acceptors (Lipinski definition) is 4. The van der Waals surface area contributed by atoms with Crippen LogP contribution in [0, 0.1) is 0 Å². The number of aromatic nitrogens is 2. The van der Waals surface area contributed by atoms with Crippen LogP contribution in [0.3, 0.4) is 0 Å². The first-order valence-electron chi connectivity index (χ1n) is 5.18. The molecular weight excluding hydrogens is 382 g/mol. The molecule has 1 N–H and O–H groups in total. The predicted octanol–water partition coefficient (Wildman–Crippen LogP) is 3.88. The topological polar surface area (TPSA) is 54.9 Å². The van der Waals surface area contributed by atoms with E-state index in [-0.39, 0.29) is 5.91 Å². The minimum atomic E-state index is -0.198. The van der Waals surface area contributed by atoms with E-state index in [0.29, 0.717) is 10.7 Å². The first-order chi connectivity index (χ1) is 8.58. The van der Waals surface area contributed by atoms with Crippen molar-refractivity contribution >= 4 is 54.2 Å². The first-order valence-corrected chi connectivity index (χ1v) is 7.58. The normalized spacial score (nSPS) is 10.4. The van der Waals surface area contributed by atoms with Crippen LogP contribution in [0.5, 0.6) is 0 Å². The highest BCUT2D eigenvalue weighted by molar-refractivity contribution is 9.11.